The third-order valence-corrected chi connectivity index (χ3v) is 7.44. The first-order valence-corrected chi connectivity index (χ1v) is 11.7. The number of hydrogen-bond donors (Lipinski definition) is 0. The molecule has 0 saturated carbocycles. The summed E-state index contributed by atoms with van der Waals surface area (Å²) in [6.45, 7) is 1.81. The Hall–Kier alpha value is -2.49. The van der Waals surface area contributed by atoms with E-state index >= 15 is 0 Å². The van der Waals surface area contributed by atoms with Crippen LogP contribution in [0.2, 0.25) is 0 Å². The molecule has 1 saturated heterocycles. The molecular formula is C21H21BrN4O3S. The molecule has 0 N–H and O–H groups in total. The quantitative estimate of drug-likeness (QED) is 0.547. The molecule has 2 aromatic carbocycles. The van der Waals surface area contributed by atoms with Gasteiger partial charge in [-0.3, -0.25) is 0 Å². The summed E-state index contributed by atoms with van der Waals surface area (Å²) in [5.41, 5.74) is 1.86. The van der Waals surface area contributed by atoms with Crippen molar-refractivity contribution >= 4 is 31.8 Å². The molecule has 0 radical (unpaired) electrons. The zero-order chi connectivity index (χ0) is 21.1. The summed E-state index contributed by atoms with van der Waals surface area (Å²) in [5.74, 6) is 1.13. The number of aromatic nitrogens is 2. The van der Waals surface area contributed by atoms with E-state index < -0.39 is 10.0 Å². The molecule has 4 rings (SSSR count). The molecule has 156 valence electrons. The Bertz CT molecular complexity index is 1130. The van der Waals surface area contributed by atoms with Crippen LogP contribution in [0.4, 0.5) is 5.82 Å². The van der Waals surface area contributed by atoms with Crippen LogP contribution in [0.1, 0.15) is 0 Å². The number of nitrogens with zero attached hydrogens (tertiary/aromatic N) is 4. The highest BCUT2D eigenvalue weighted by Crippen LogP contribution is 2.31. The molecule has 1 fully saturated rings. The maximum Gasteiger partial charge on any atom is 0.246 e. The molecule has 1 aliphatic heterocycles. The SMILES string of the molecule is COc1ccc(Br)cc1S(=O)(=O)N1CCN(c2cc(-c3ccccc3)ncn2)CC1. The molecule has 3 aromatic rings. The Morgan fingerprint density at radius 1 is 0.967 bits per heavy atom. The Balaban J connectivity index is 1.51. The van der Waals surface area contributed by atoms with Crippen LogP contribution in [0.5, 0.6) is 5.75 Å². The topological polar surface area (TPSA) is 75.6 Å². The standard InChI is InChI=1S/C21H21BrN4O3S/c1-29-19-8-7-17(22)13-20(19)30(27,28)26-11-9-25(10-12-26)21-14-18(23-15-24-21)16-5-3-2-4-6-16/h2-8,13-15H,9-12H2,1H3. The number of benzene rings is 2. The highest BCUT2D eigenvalue weighted by molar-refractivity contribution is 9.10. The molecular weight excluding hydrogens is 468 g/mol. The zero-order valence-corrected chi connectivity index (χ0v) is 18.8. The molecule has 0 unspecified atom stereocenters. The van der Waals surface area contributed by atoms with Crippen molar-refractivity contribution in [2.45, 2.75) is 4.90 Å². The molecule has 0 amide bonds. The minimum absolute atomic E-state index is 0.168. The highest BCUT2D eigenvalue weighted by atomic mass is 79.9. The van der Waals surface area contributed by atoms with Gasteiger partial charge in [-0.05, 0) is 18.2 Å². The van der Waals surface area contributed by atoms with Gasteiger partial charge in [0.1, 0.15) is 22.8 Å². The van der Waals surface area contributed by atoms with Gasteiger partial charge in [0.2, 0.25) is 10.0 Å². The van der Waals surface area contributed by atoms with Crippen LogP contribution >= 0.6 is 15.9 Å². The summed E-state index contributed by atoms with van der Waals surface area (Å²) < 4.78 is 33.8. The van der Waals surface area contributed by atoms with E-state index in [-0.39, 0.29) is 4.90 Å². The first-order valence-electron chi connectivity index (χ1n) is 9.45. The fraction of sp³-hybridized carbons (Fsp3) is 0.238. The monoisotopic (exact) mass is 488 g/mol. The van der Waals surface area contributed by atoms with Crippen molar-refractivity contribution in [3.8, 4) is 17.0 Å². The molecule has 0 spiro atoms. The van der Waals surface area contributed by atoms with E-state index in [1.807, 2.05) is 36.4 Å². The highest BCUT2D eigenvalue weighted by Gasteiger charge is 2.31. The summed E-state index contributed by atoms with van der Waals surface area (Å²) in [6, 6.07) is 16.8. The Labute approximate surface area is 184 Å². The first-order chi connectivity index (χ1) is 14.5. The van der Waals surface area contributed by atoms with Crippen LogP contribution in [-0.2, 0) is 10.0 Å². The number of anilines is 1. The molecule has 7 nitrogen and oxygen atoms in total. The molecule has 0 atom stereocenters. The lowest BCUT2D eigenvalue weighted by molar-refractivity contribution is 0.373. The molecule has 1 aliphatic rings. The van der Waals surface area contributed by atoms with Gasteiger partial charge in [-0.2, -0.15) is 4.31 Å². The van der Waals surface area contributed by atoms with Gasteiger partial charge >= 0.3 is 0 Å². The number of ether oxygens (including phenoxy) is 1. The maximum atomic E-state index is 13.2. The van der Waals surface area contributed by atoms with Crippen LogP contribution in [0.3, 0.4) is 0 Å². The van der Waals surface area contributed by atoms with Crippen LogP contribution in [0.15, 0.2) is 70.3 Å². The molecule has 0 aliphatic carbocycles. The number of rotatable bonds is 5. The van der Waals surface area contributed by atoms with E-state index in [0.29, 0.717) is 36.4 Å². The summed E-state index contributed by atoms with van der Waals surface area (Å²) in [5, 5.41) is 0. The van der Waals surface area contributed by atoms with E-state index in [0.717, 1.165) is 17.1 Å². The lowest BCUT2D eigenvalue weighted by atomic mass is 10.1. The molecule has 2 heterocycles. The van der Waals surface area contributed by atoms with Crippen molar-refractivity contribution < 1.29 is 13.2 Å². The van der Waals surface area contributed by atoms with E-state index in [1.165, 1.54) is 11.4 Å². The van der Waals surface area contributed by atoms with Crippen molar-refractivity contribution in [3.05, 3.63) is 65.4 Å². The van der Waals surface area contributed by atoms with E-state index in [1.54, 1.807) is 24.5 Å². The Morgan fingerprint density at radius 2 is 1.70 bits per heavy atom. The van der Waals surface area contributed by atoms with Gasteiger partial charge in [-0.15, -0.1) is 0 Å². The molecule has 0 bridgehead atoms. The third-order valence-electron chi connectivity index (χ3n) is 5.03. The second-order valence-electron chi connectivity index (χ2n) is 6.81. The van der Waals surface area contributed by atoms with Gasteiger partial charge in [0, 0.05) is 42.3 Å². The number of halogens is 1. The molecule has 9 heteroatoms. The average Bonchev–Trinajstić information content (AvgIpc) is 2.80. The van der Waals surface area contributed by atoms with E-state index in [9.17, 15) is 8.42 Å². The first kappa shape index (κ1) is 20.8. The number of hydrogen-bond acceptors (Lipinski definition) is 6. The van der Waals surface area contributed by atoms with E-state index in [2.05, 4.69) is 30.8 Å². The second kappa shape index (κ2) is 8.71. The number of sulfonamides is 1. The lowest BCUT2D eigenvalue weighted by Gasteiger charge is -2.34. The number of methoxy groups -OCH3 is 1. The Kier molecular flexibility index (Phi) is 6.03. The average molecular weight is 489 g/mol. The van der Waals surface area contributed by atoms with Gasteiger partial charge in [0.05, 0.1) is 12.8 Å². The van der Waals surface area contributed by atoms with Crippen molar-refractivity contribution in [1.82, 2.24) is 14.3 Å². The van der Waals surface area contributed by atoms with Gasteiger partial charge in [-0.1, -0.05) is 46.3 Å². The van der Waals surface area contributed by atoms with Gasteiger partial charge < -0.3 is 9.64 Å². The smallest absolute Gasteiger partial charge is 0.246 e. The minimum Gasteiger partial charge on any atom is -0.495 e. The second-order valence-corrected chi connectivity index (χ2v) is 9.64. The zero-order valence-electron chi connectivity index (χ0n) is 16.4. The summed E-state index contributed by atoms with van der Waals surface area (Å²) in [4.78, 5) is 11.0. The van der Waals surface area contributed by atoms with Crippen LogP contribution in [-0.4, -0.2) is 56.0 Å². The third kappa shape index (κ3) is 4.19. The van der Waals surface area contributed by atoms with Crippen molar-refractivity contribution in [1.29, 1.82) is 0 Å². The van der Waals surface area contributed by atoms with Gasteiger partial charge in [0.25, 0.3) is 0 Å². The van der Waals surface area contributed by atoms with Crippen molar-refractivity contribution in [3.63, 3.8) is 0 Å². The lowest BCUT2D eigenvalue weighted by Crippen LogP contribution is -2.49. The maximum absolute atomic E-state index is 13.2. The van der Waals surface area contributed by atoms with Crippen LogP contribution in [0.25, 0.3) is 11.3 Å². The van der Waals surface area contributed by atoms with Crippen LogP contribution in [0, 0.1) is 0 Å². The number of piperazine rings is 1. The summed E-state index contributed by atoms with van der Waals surface area (Å²) >= 11 is 3.35. The molecule has 30 heavy (non-hydrogen) atoms. The predicted octanol–water partition coefficient (Wildman–Crippen LogP) is 3.43. The van der Waals surface area contributed by atoms with Gasteiger partial charge in [-0.25, -0.2) is 18.4 Å². The van der Waals surface area contributed by atoms with E-state index in [4.69, 9.17) is 4.74 Å². The fourth-order valence-corrected chi connectivity index (χ4v) is 5.55. The van der Waals surface area contributed by atoms with Crippen LogP contribution < -0.4 is 9.64 Å². The largest absolute Gasteiger partial charge is 0.495 e. The van der Waals surface area contributed by atoms with Crippen molar-refractivity contribution in [2.75, 3.05) is 38.2 Å². The fourth-order valence-electron chi connectivity index (χ4n) is 3.44. The van der Waals surface area contributed by atoms with Gasteiger partial charge in [0.15, 0.2) is 0 Å². The van der Waals surface area contributed by atoms with Crippen molar-refractivity contribution in [2.24, 2.45) is 0 Å². The predicted molar refractivity (Wildman–Crippen MR) is 119 cm³/mol. The normalized spacial score (nSPS) is 15.2. The Morgan fingerprint density at radius 3 is 2.40 bits per heavy atom. The minimum atomic E-state index is -3.67. The summed E-state index contributed by atoms with van der Waals surface area (Å²) in [6.07, 6.45) is 1.55. The molecule has 1 aromatic heterocycles. The summed E-state index contributed by atoms with van der Waals surface area (Å²) in [7, 11) is -2.19.